The number of rotatable bonds is 15. The fourth-order valence-electron chi connectivity index (χ4n) is 13.9. The second kappa shape index (κ2) is 14.2. The van der Waals surface area contributed by atoms with E-state index in [4.69, 9.17) is 9.47 Å². The van der Waals surface area contributed by atoms with Gasteiger partial charge in [-0.15, -0.1) is 0 Å². The van der Waals surface area contributed by atoms with Crippen LogP contribution in [0.1, 0.15) is 204 Å². The van der Waals surface area contributed by atoms with E-state index >= 15 is 0 Å². The van der Waals surface area contributed by atoms with Gasteiger partial charge in [0.15, 0.2) is 0 Å². The number of fused-ring (bicyclic) bond motifs is 10. The third kappa shape index (κ3) is 6.89. The molecular formula is C46H78O3. The smallest absolute Gasteiger partial charge is 0.306 e. The van der Waals surface area contributed by atoms with Gasteiger partial charge in [0, 0.05) is 23.2 Å². The normalized spacial score (nSPS) is 42.8. The SMILES string of the molecule is CCCCCCCCCCCCCCCC(=O)O[C@H]1CC[C@]2(C)C3[C@@H]4O[C@@H]4[C@]4(C)C(=CC[C@@]5(C)CCC(C)(C)C[C@H]54)[C@]3(C)CC[C@H]2C1(C)C. The Morgan fingerprint density at radius 1 is 0.755 bits per heavy atom. The third-order valence-electron chi connectivity index (χ3n) is 16.7. The zero-order chi connectivity index (χ0) is 35.3. The molecule has 5 fully saturated rings. The number of epoxide rings is 1. The summed E-state index contributed by atoms with van der Waals surface area (Å²) in [7, 11) is 0. The Balaban J connectivity index is 1.01. The number of carbonyl (C=O) groups is 1. The van der Waals surface area contributed by atoms with Gasteiger partial charge in [0.25, 0.3) is 0 Å². The van der Waals surface area contributed by atoms with Gasteiger partial charge >= 0.3 is 5.97 Å². The minimum atomic E-state index is -0.0158. The second-order valence-electron chi connectivity index (χ2n) is 21.0. The first kappa shape index (κ1) is 37.9. The first-order valence-corrected chi connectivity index (χ1v) is 21.7. The summed E-state index contributed by atoms with van der Waals surface area (Å²) in [5.41, 5.74) is 3.18. The van der Waals surface area contributed by atoms with Crippen molar-refractivity contribution in [1.82, 2.24) is 0 Å². The minimum absolute atomic E-state index is 0.0158. The Morgan fingerprint density at radius 2 is 1.37 bits per heavy atom. The number of ether oxygens (including phenoxy) is 2. The maximum absolute atomic E-state index is 13.2. The number of allylic oxidation sites excluding steroid dienone is 1. The molecule has 0 aromatic heterocycles. The highest BCUT2D eigenvalue weighted by atomic mass is 16.6. The van der Waals surface area contributed by atoms with E-state index in [-0.39, 0.29) is 33.7 Å². The van der Waals surface area contributed by atoms with Crippen molar-refractivity contribution in [2.75, 3.05) is 0 Å². The summed E-state index contributed by atoms with van der Waals surface area (Å²) in [6.07, 6.45) is 31.4. The van der Waals surface area contributed by atoms with E-state index < -0.39 is 0 Å². The van der Waals surface area contributed by atoms with Gasteiger partial charge in [-0.3, -0.25) is 4.79 Å². The predicted molar refractivity (Wildman–Crippen MR) is 204 cm³/mol. The highest BCUT2D eigenvalue weighted by Gasteiger charge is 2.77. The molecule has 3 heteroatoms. The quantitative estimate of drug-likeness (QED) is 0.0749. The van der Waals surface area contributed by atoms with E-state index in [9.17, 15) is 4.79 Å². The molecule has 0 N–H and O–H groups in total. The summed E-state index contributed by atoms with van der Waals surface area (Å²) >= 11 is 0. The van der Waals surface area contributed by atoms with E-state index in [0.717, 1.165) is 25.7 Å². The third-order valence-corrected chi connectivity index (χ3v) is 16.7. The summed E-state index contributed by atoms with van der Waals surface area (Å²) in [5, 5.41) is 0. The Kier molecular flexibility index (Phi) is 11.0. The lowest BCUT2D eigenvalue weighted by Gasteiger charge is -2.69. The van der Waals surface area contributed by atoms with Crippen LogP contribution in [0.25, 0.3) is 0 Å². The molecule has 6 aliphatic rings. The molecule has 0 radical (unpaired) electrons. The van der Waals surface area contributed by atoms with Crippen LogP contribution >= 0.6 is 0 Å². The first-order chi connectivity index (χ1) is 23.1. The molecule has 4 saturated carbocycles. The highest BCUT2D eigenvalue weighted by molar-refractivity contribution is 5.69. The van der Waals surface area contributed by atoms with E-state index in [2.05, 4.69) is 68.4 Å². The molecule has 1 heterocycles. The van der Waals surface area contributed by atoms with E-state index in [1.54, 1.807) is 5.57 Å². The Morgan fingerprint density at radius 3 is 2.00 bits per heavy atom. The number of unbranched alkanes of at least 4 members (excludes halogenated alkanes) is 12. The lowest BCUT2D eigenvalue weighted by Crippen LogP contribution is -2.65. The molecule has 280 valence electrons. The summed E-state index contributed by atoms with van der Waals surface area (Å²) in [5.74, 6) is 1.88. The van der Waals surface area contributed by atoms with Crippen molar-refractivity contribution in [1.29, 1.82) is 0 Å². The van der Waals surface area contributed by atoms with Crippen molar-refractivity contribution < 1.29 is 14.3 Å². The molecule has 10 atom stereocenters. The standard InChI is InChI=1S/C46H78O3/c1-10-11-12-13-14-15-16-17-18-19-20-21-22-23-37(47)48-36-26-29-44(7)33(42(36,4)5)25-28-45(8)34-24-27-43(6)31-30-41(2,3)32-35(43)46(34,9)40-38(49-40)39(44)45/h24,33,35-36,38-40H,10-23,25-32H2,1-9H3/t33-,35+,36-,38-,39?,40-,43-,44-,45-,46+/m0/s1. The highest BCUT2D eigenvalue weighted by Crippen LogP contribution is 2.78. The lowest BCUT2D eigenvalue weighted by atomic mass is 9.34. The molecule has 1 saturated heterocycles. The van der Waals surface area contributed by atoms with Crippen molar-refractivity contribution in [2.45, 2.75) is 222 Å². The molecule has 1 aliphatic heterocycles. The van der Waals surface area contributed by atoms with Gasteiger partial charge in [-0.1, -0.05) is 151 Å². The summed E-state index contributed by atoms with van der Waals surface area (Å²) < 4.78 is 13.4. The van der Waals surface area contributed by atoms with E-state index in [1.807, 2.05) is 0 Å². The molecule has 0 spiro atoms. The number of hydrogen-bond acceptors (Lipinski definition) is 3. The van der Waals surface area contributed by atoms with E-state index in [1.165, 1.54) is 109 Å². The van der Waals surface area contributed by atoms with Gasteiger partial charge in [-0.2, -0.15) is 0 Å². The van der Waals surface area contributed by atoms with Crippen LogP contribution in [0, 0.1) is 50.2 Å². The fraction of sp³-hybridized carbons (Fsp3) is 0.935. The van der Waals surface area contributed by atoms with Crippen molar-refractivity contribution in [2.24, 2.45) is 50.2 Å². The average Bonchev–Trinajstić information content (AvgIpc) is 3.83. The van der Waals surface area contributed by atoms with Gasteiger partial charge in [-0.25, -0.2) is 0 Å². The number of esters is 1. The monoisotopic (exact) mass is 679 g/mol. The molecule has 0 bridgehead atoms. The van der Waals surface area contributed by atoms with Crippen LogP contribution in [0.4, 0.5) is 0 Å². The van der Waals surface area contributed by atoms with Crippen LogP contribution in [0.2, 0.25) is 0 Å². The van der Waals surface area contributed by atoms with Crippen LogP contribution < -0.4 is 0 Å². The van der Waals surface area contributed by atoms with Gasteiger partial charge in [0.1, 0.15) is 6.10 Å². The lowest BCUT2D eigenvalue weighted by molar-refractivity contribution is -0.196. The molecular weight excluding hydrogens is 601 g/mol. The zero-order valence-electron chi connectivity index (χ0n) is 33.8. The van der Waals surface area contributed by atoms with Gasteiger partial charge in [0.05, 0.1) is 12.2 Å². The van der Waals surface area contributed by atoms with Gasteiger partial charge < -0.3 is 9.47 Å². The minimum Gasteiger partial charge on any atom is -0.462 e. The first-order valence-electron chi connectivity index (χ1n) is 21.7. The van der Waals surface area contributed by atoms with Crippen LogP contribution in [-0.4, -0.2) is 24.3 Å². The summed E-state index contributed by atoms with van der Waals surface area (Å²) in [6, 6.07) is 0. The Bertz CT molecular complexity index is 1200. The van der Waals surface area contributed by atoms with Gasteiger partial charge in [0.2, 0.25) is 0 Å². The van der Waals surface area contributed by atoms with Crippen molar-refractivity contribution in [3.05, 3.63) is 11.6 Å². The molecule has 5 aliphatic carbocycles. The molecule has 0 aromatic carbocycles. The number of hydrogen-bond donors (Lipinski definition) is 0. The van der Waals surface area contributed by atoms with Crippen molar-refractivity contribution in [3.63, 3.8) is 0 Å². The molecule has 49 heavy (non-hydrogen) atoms. The molecule has 1 unspecified atom stereocenters. The molecule has 3 nitrogen and oxygen atoms in total. The maximum Gasteiger partial charge on any atom is 0.306 e. The topological polar surface area (TPSA) is 38.8 Å². The van der Waals surface area contributed by atoms with Crippen LogP contribution in [0.5, 0.6) is 0 Å². The second-order valence-corrected chi connectivity index (χ2v) is 21.0. The van der Waals surface area contributed by atoms with Crippen LogP contribution in [0.3, 0.4) is 0 Å². The van der Waals surface area contributed by atoms with Crippen LogP contribution in [-0.2, 0) is 14.3 Å². The molecule has 0 amide bonds. The number of carbonyl (C=O) groups excluding carboxylic acids is 1. The van der Waals surface area contributed by atoms with Gasteiger partial charge in [-0.05, 0) is 91.3 Å². The fourth-order valence-corrected chi connectivity index (χ4v) is 13.9. The Hall–Kier alpha value is -0.830. The Labute approximate surface area is 303 Å². The van der Waals surface area contributed by atoms with Crippen LogP contribution in [0.15, 0.2) is 11.6 Å². The van der Waals surface area contributed by atoms with Crippen molar-refractivity contribution >= 4 is 5.97 Å². The summed E-state index contributed by atoms with van der Waals surface area (Å²) in [6.45, 7) is 22.7. The molecule has 6 rings (SSSR count). The van der Waals surface area contributed by atoms with E-state index in [0.29, 0.717) is 47.2 Å². The molecule has 0 aromatic rings. The summed E-state index contributed by atoms with van der Waals surface area (Å²) in [4.78, 5) is 13.2. The zero-order valence-corrected chi connectivity index (χ0v) is 33.8. The largest absolute Gasteiger partial charge is 0.462 e. The predicted octanol–water partition coefficient (Wildman–Crippen LogP) is 13.2. The van der Waals surface area contributed by atoms with Crippen molar-refractivity contribution in [3.8, 4) is 0 Å². The maximum atomic E-state index is 13.2. The average molecular weight is 679 g/mol.